The lowest BCUT2D eigenvalue weighted by Gasteiger charge is -2.13. The number of halogens is 1. The van der Waals surface area contributed by atoms with Gasteiger partial charge in [-0.05, 0) is 42.5 Å². The van der Waals surface area contributed by atoms with Crippen LogP contribution in [0.25, 0.3) is 0 Å². The summed E-state index contributed by atoms with van der Waals surface area (Å²) in [5.74, 6) is -0.904. The lowest BCUT2D eigenvalue weighted by molar-refractivity contribution is -0.0295. The van der Waals surface area contributed by atoms with Crippen molar-refractivity contribution in [1.29, 1.82) is 0 Å². The fraction of sp³-hybridized carbons (Fsp3) is 0.400. The van der Waals surface area contributed by atoms with E-state index in [0.717, 1.165) is 5.56 Å². The number of thiophene rings is 1. The summed E-state index contributed by atoms with van der Waals surface area (Å²) in [6.45, 7) is 1.04. The molecular formula is C20H22FNO5S. The first-order valence-corrected chi connectivity index (χ1v) is 9.86. The monoisotopic (exact) mass is 407 g/mol. The van der Waals surface area contributed by atoms with Gasteiger partial charge in [0, 0.05) is 17.7 Å². The van der Waals surface area contributed by atoms with Gasteiger partial charge in [0.2, 0.25) is 0 Å². The number of carbonyl (C=O) groups excluding carboxylic acids is 2. The van der Waals surface area contributed by atoms with E-state index in [1.807, 2.05) is 0 Å². The number of benzene rings is 1. The van der Waals surface area contributed by atoms with Gasteiger partial charge in [0.15, 0.2) is 5.78 Å². The third-order valence-electron chi connectivity index (χ3n) is 4.60. The van der Waals surface area contributed by atoms with Crippen LogP contribution in [0.2, 0.25) is 0 Å². The highest BCUT2D eigenvalue weighted by molar-refractivity contribution is 7.14. The molecule has 3 rings (SSSR count). The van der Waals surface area contributed by atoms with Crippen LogP contribution in [-0.4, -0.2) is 41.2 Å². The molecule has 0 saturated carbocycles. The molecule has 1 atom stereocenters. The fourth-order valence-electron chi connectivity index (χ4n) is 3.18. The molecule has 6 nitrogen and oxygen atoms in total. The van der Waals surface area contributed by atoms with Gasteiger partial charge in [-0.2, -0.15) is 0 Å². The number of Topliss-reactive ketones (excluding diaryl/α,β-unsaturated/α-hetero) is 1. The Bertz CT molecular complexity index is 895. The van der Waals surface area contributed by atoms with E-state index < -0.39 is 18.6 Å². The smallest absolute Gasteiger partial charge is 0.276 e. The average molecular weight is 407 g/mol. The minimum absolute atomic E-state index is 0.00690. The first-order chi connectivity index (χ1) is 13.4. The maximum atomic E-state index is 14.3. The third-order valence-corrected chi connectivity index (χ3v) is 5.87. The van der Waals surface area contributed by atoms with Crippen LogP contribution < -0.4 is 5.48 Å². The van der Waals surface area contributed by atoms with Gasteiger partial charge < -0.3 is 10.2 Å². The van der Waals surface area contributed by atoms with Crippen molar-refractivity contribution in [1.82, 2.24) is 5.48 Å². The number of fused-ring (bicyclic) bond motifs is 1. The Kier molecular flexibility index (Phi) is 6.56. The number of hydrogen-bond acceptors (Lipinski definition) is 6. The second-order valence-electron chi connectivity index (χ2n) is 6.83. The number of nitrogens with one attached hydrogen (secondary N) is 1. The first-order valence-electron chi connectivity index (χ1n) is 9.04. The van der Waals surface area contributed by atoms with Crippen LogP contribution in [0.1, 0.15) is 54.4 Å². The number of ketones is 1. The van der Waals surface area contributed by atoms with E-state index in [2.05, 4.69) is 5.48 Å². The predicted octanol–water partition coefficient (Wildman–Crippen LogP) is 2.32. The number of carbonyl (C=O) groups is 2. The lowest BCUT2D eigenvalue weighted by atomic mass is 9.92. The number of hydroxylamine groups is 1. The Hall–Kier alpha value is -2.13. The van der Waals surface area contributed by atoms with Crippen molar-refractivity contribution in [3.63, 3.8) is 0 Å². The molecule has 0 radical (unpaired) electrons. The van der Waals surface area contributed by atoms with Crippen molar-refractivity contribution < 1.29 is 29.0 Å². The maximum absolute atomic E-state index is 14.3. The molecule has 1 heterocycles. The van der Waals surface area contributed by atoms with Gasteiger partial charge in [-0.25, -0.2) is 9.87 Å². The van der Waals surface area contributed by atoms with E-state index in [1.165, 1.54) is 17.4 Å². The molecule has 28 heavy (non-hydrogen) atoms. The molecule has 2 aromatic rings. The molecule has 1 aromatic heterocycles. The summed E-state index contributed by atoms with van der Waals surface area (Å²) in [6, 6.07) is 4.92. The molecule has 150 valence electrons. The van der Waals surface area contributed by atoms with E-state index in [9.17, 15) is 19.1 Å². The average Bonchev–Trinajstić information content (AvgIpc) is 3.03. The van der Waals surface area contributed by atoms with Gasteiger partial charge in [-0.15, -0.1) is 11.3 Å². The van der Waals surface area contributed by atoms with Crippen molar-refractivity contribution in [2.45, 2.75) is 38.7 Å². The lowest BCUT2D eigenvalue weighted by Crippen LogP contribution is -2.31. The molecule has 3 N–H and O–H groups in total. The van der Waals surface area contributed by atoms with Crippen molar-refractivity contribution in [3.05, 3.63) is 56.0 Å². The summed E-state index contributed by atoms with van der Waals surface area (Å²) in [5, 5.41) is 18.1. The van der Waals surface area contributed by atoms with Gasteiger partial charge in [0.1, 0.15) is 18.5 Å². The highest BCUT2D eigenvalue weighted by atomic mass is 32.1. The highest BCUT2D eigenvalue weighted by Gasteiger charge is 2.29. The molecule has 1 amide bonds. The predicted molar refractivity (Wildman–Crippen MR) is 102 cm³/mol. The molecule has 8 heteroatoms. The number of aliphatic hydroxyl groups is 2. The standard InChI is InChI=1S/C20H22FNO5S/c1-11-5-6-12(15(21)7-11)8-17-18(20(26)22-27-10-13(24)9-23)14-3-2-4-16(25)19(14)28-17/h5-7,13,23-24H,2-4,8-10H2,1H3,(H,22,26)/t13-/m1/s1. The Labute approximate surface area is 165 Å². The van der Waals surface area contributed by atoms with Gasteiger partial charge in [0.05, 0.1) is 17.0 Å². The molecule has 0 saturated heterocycles. The summed E-state index contributed by atoms with van der Waals surface area (Å²) < 4.78 is 14.3. The number of aliphatic hydroxyl groups excluding tert-OH is 2. The Morgan fingerprint density at radius 2 is 2.18 bits per heavy atom. The van der Waals surface area contributed by atoms with Gasteiger partial charge in [0.25, 0.3) is 5.91 Å². The molecule has 0 aliphatic heterocycles. The Morgan fingerprint density at radius 1 is 1.39 bits per heavy atom. The number of amides is 1. The minimum Gasteiger partial charge on any atom is -0.394 e. The molecule has 0 spiro atoms. The molecule has 0 fully saturated rings. The zero-order valence-corrected chi connectivity index (χ0v) is 16.3. The van der Waals surface area contributed by atoms with E-state index in [1.54, 1.807) is 19.1 Å². The molecule has 0 unspecified atom stereocenters. The highest BCUT2D eigenvalue weighted by Crippen LogP contribution is 2.36. The molecule has 0 bridgehead atoms. The summed E-state index contributed by atoms with van der Waals surface area (Å²) in [5.41, 5.74) is 4.52. The Balaban J connectivity index is 1.90. The second-order valence-corrected chi connectivity index (χ2v) is 7.94. The number of hydrogen-bond donors (Lipinski definition) is 3. The van der Waals surface area contributed by atoms with Crippen LogP contribution >= 0.6 is 11.3 Å². The van der Waals surface area contributed by atoms with Gasteiger partial charge in [-0.3, -0.25) is 14.4 Å². The van der Waals surface area contributed by atoms with E-state index in [0.29, 0.717) is 45.7 Å². The van der Waals surface area contributed by atoms with E-state index in [-0.39, 0.29) is 24.6 Å². The third kappa shape index (κ3) is 4.47. The maximum Gasteiger partial charge on any atom is 0.276 e. The summed E-state index contributed by atoms with van der Waals surface area (Å²) in [4.78, 5) is 31.1. The van der Waals surface area contributed by atoms with Crippen LogP contribution in [0.3, 0.4) is 0 Å². The number of rotatable bonds is 7. The quantitative estimate of drug-likeness (QED) is 0.612. The topological polar surface area (TPSA) is 95.9 Å². The van der Waals surface area contributed by atoms with Crippen LogP contribution in [0.15, 0.2) is 18.2 Å². The SMILES string of the molecule is Cc1ccc(Cc2sc3c(c2C(=O)NOC[C@H](O)CO)CCCC3=O)c(F)c1. The van der Waals surface area contributed by atoms with Gasteiger partial charge in [-0.1, -0.05) is 12.1 Å². The Morgan fingerprint density at radius 3 is 2.89 bits per heavy atom. The zero-order chi connectivity index (χ0) is 20.3. The largest absolute Gasteiger partial charge is 0.394 e. The summed E-state index contributed by atoms with van der Waals surface area (Å²) in [7, 11) is 0. The number of aryl methyl sites for hydroxylation is 1. The van der Waals surface area contributed by atoms with E-state index >= 15 is 0 Å². The van der Waals surface area contributed by atoms with Crippen molar-refractivity contribution in [2.24, 2.45) is 0 Å². The van der Waals surface area contributed by atoms with Crippen molar-refractivity contribution in [3.8, 4) is 0 Å². The normalized spacial score (nSPS) is 14.6. The van der Waals surface area contributed by atoms with Crippen LogP contribution in [-0.2, 0) is 17.7 Å². The summed E-state index contributed by atoms with van der Waals surface area (Å²) in [6.07, 6.45) is 0.770. The summed E-state index contributed by atoms with van der Waals surface area (Å²) >= 11 is 1.23. The molecular weight excluding hydrogens is 385 g/mol. The van der Waals surface area contributed by atoms with Crippen molar-refractivity contribution in [2.75, 3.05) is 13.2 Å². The zero-order valence-electron chi connectivity index (χ0n) is 15.5. The van der Waals surface area contributed by atoms with Gasteiger partial charge >= 0.3 is 0 Å². The molecule has 1 aliphatic rings. The fourth-order valence-corrected chi connectivity index (χ4v) is 4.52. The van der Waals surface area contributed by atoms with Crippen LogP contribution in [0.5, 0.6) is 0 Å². The minimum atomic E-state index is -1.11. The van der Waals surface area contributed by atoms with Crippen LogP contribution in [0.4, 0.5) is 4.39 Å². The molecule has 1 aliphatic carbocycles. The van der Waals surface area contributed by atoms with Crippen molar-refractivity contribution >= 4 is 23.0 Å². The second kappa shape index (κ2) is 8.91. The van der Waals surface area contributed by atoms with E-state index in [4.69, 9.17) is 9.94 Å². The first kappa shape index (κ1) is 20.6. The molecule has 1 aromatic carbocycles. The van der Waals surface area contributed by atoms with Crippen LogP contribution in [0, 0.1) is 12.7 Å².